The molecule has 104 valence electrons. The molecule has 0 saturated carbocycles. The van der Waals surface area contributed by atoms with Gasteiger partial charge in [0.05, 0.1) is 0 Å². The van der Waals surface area contributed by atoms with Crippen LogP contribution in [0.15, 0.2) is 0 Å². The Bertz CT molecular complexity index is 265. The maximum atomic E-state index is 2.90. The van der Waals surface area contributed by atoms with Gasteiger partial charge in [-0.15, -0.1) is 0 Å². The summed E-state index contributed by atoms with van der Waals surface area (Å²) >= 11 is 2.18. The molecule has 0 aromatic carbocycles. The van der Waals surface area contributed by atoms with Crippen LogP contribution in [0.2, 0.25) is 0 Å². The monoisotopic (exact) mass is 268 g/mol. The Hall–Kier alpha value is 0.270. The topological polar surface area (TPSA) is 6.48 Å². The summed E-state index contributed by atoms with van der Waals surface area (Å²) in [5.41, 5.74) is 0. The molecule has 3 aliphatic rings. The van der Waals surface area contributed by atoms with Crippen LogP contribution in [0.4, 0.5) is 0 Å². The average Bonchev–Trinajstić information content (AvgIpc) is 2.46. The lowest BCUT2D eigenvalue weighted by molar-refractivity contribution is -0.0128. The molecule has 18 heavy (non-hydrogen) atoms. The Morgan fingerprint density at radius 3 is 2.72 bits per heavy atom. The van der Waals surface area contributed by atoms with Gasteiger partial charge in [0.2, 0.25) is 0 Å². The van der Waals surface area contributed by atoms with Crippen molar-refractivity contribution in [2.24, 2.45) is 0 Å². The van der Waals surface area contributed by atoms with E-state index < -0.39 is 0 Å². The Balaban J connectivity index is 1.67. The van der Waals surface area contributed by atoms with Gasteiger partial charge in [0.15, 0.2) is 0 Å². The summed E-state index contributed by atoms with van der Waals surface area (Å²) in [5.74, 6) is 2.79. The van der Waals surface area contributed by atoms with Crippen LogP contribution in [0.25, 0.3) is 0 Å². The van der Waals surface area contributed by atoms with E-state index >= 15 is 0 Å². The molecule has 3 heteroatoms. The fraction of sp³-hybridized carbons (Fsp3) is 1.00. The highest BCUT2D eigenvalue weighted by molar-refractivity contribution is 7.99. The molecule has 0 aromatic rings. The maximum absolute atomic E-state index is 2.90. The lowest BCUT2D eigenvalue weighted by Gasteiger charge is -2.51. The van der Waals surface area contributed by atoms with Crippen molar-refractivity contribution in [3.63, 3.8) is 0 Å². The molecule has 0 aliphatic carbocycles. The molecular weight excluding hydrogens is 240 g/mol. The molecule has 0 spiro atoms. The summed E-state index contributed by atoms with van der Waals surface area (Å²) in [6.07, 6.45) is 8.58. The zero-order valence-corrected chi connectivity index (χ0v) is 12.6. The molecule has 0 aromatic heterocycles. The van der Waals surface area contributed by atoms with Gasteiger partial charge in [0.25, 0.3) is 0 Å². The summed E-state index contributed by atoms with van der Waals surface area (Å²) in [4.78, 5) is 5.70. The van der Waals surface area contributed by atoms with Gasteiger partial charge in [-0.2, -0.15) is 11.8 Å². The van der Waals surface area contributed by atoms with Crippen LogP contribution in [0.5, 0.6) is 0 Å². The van der Waals surface area contributed by atoms with E-state index in [0.29, 0.717) is 0 Å². The van der Waals surface area contributed by atoms with Crippen LogP contribution >= 0.6 is 11.8 Å². The molecule has 0 amide bonds. The van der Waals surface area contributed by atoms with Gasteiger partial charge in [-0.1, -0.05) is 13.3 Å². The van der Waals surface area contributed by atoms with Crippen molar-refractivity contribution < 1.29 is 0 Å². The smallest absolute Gasteiger partial charge is 0.0224 e. The minimum Gasteiger partial charge on any atom is -0.298 e. The van der Waals surface area contributed by atoms with Gasteiger partial charge in [-0.3, -0.25) is 9.80 Å². The summed E-state index contributed by atoms with van der Waals surface area (Å²) in [6.45, 7) is 6.47. The first-order valence-corrected chi connectivity index (χ1v) is 9.11. The highest BCUT2D eigenvalue weighted by atomic mass is 32.2. The lowest BCUT2D eigenvalue weighted by atomic mass is 9.94. The van der Waals surface area contributed by atoms with Gasteiger partial charge < -0.3 is 0 Å². The summed E-state index contributed by atoms with van der Waals surface area (Å²) < 4.78 is 0. The van der Waals surface area contributed by atoms with E-state index in [2.05, 4.69) is 28.5 Å². The third kappa shape index (κ3) is 2.73. The van der Waals surface area contributed by atoms with Gasteiger partial charge in [-0.05, 0) is 44.4 Å². The fourth-order valence-corrected chi connectivity index (χ4v) is 5.24. The van der Waals surface area contributed by atoms with Crippen molar-refractivity contribution in [2.75, 3.05) is 31.1 Å². The van der Waals surface area contributed by atoms with E-state index in [1.54, 1.807) is 0 Å². The first kappa shape index (κ1) is 13.3. The normalized spacial score (nSPS) is 39.5. The molecule has 3 atom stereocenters. The van der Waals surface area contributed by atoms with Crippen molar-refractivity contribution in [3.8, 4) is 0 Å². The zero-order chi connectivity index (χ0) is 12.4. The van der Waals surface area contributed by atoms with E-state index in [4.69, 9.17) is 0 Å². The van der Waals surface area contributed by atoms with Crippen LogP contribution in [0.3, 0.4) is 0 Å². The summed E-state index contributed by atoms with van der Waals surface area (Å²) in [7, 11) is 0. The minimum absolute atomic E-state index is 0.836. The molecule has 0 bridgehead atoms. The second-order valence-corrected chi connectivity index (χ2v) is 7.42. The van der Waals surface area contributed by atoms with E-state index in [1.807, 2.05) is 0 Å². The Morgan fingerprint density at radius 1 is 1.06 bits per heavy atom. The van der Waals surface area contributed by atoms with E-state index in [1.165, 1.54) is 69.7 Å². The largest absolute Gasteiger partial charge is 0.298 e. The van der Waals surface area contributed by atoms with Crippen molar-refractivity contribution in [1.29, 1.82) is 0 Å². The van der Waals surface area contributed by atoms with Crippen LogP contribution < -0.4 is 0 Å². The quantitative estimate of drug-likeness (QED) is 0.760. The number of hydrogen-bond acceptors (Lipinski definition) is 3. The number of thioether (sulfide) groups is 1. The average molecular weight is 268 g/mol. The number of piperidine rings is 1. The number of hydrogen-bond donors (Lipinski definition) is 0. The number of rotatable bonds is 2. The number of fused-ring (bicyclic) bond motifs is 1. The van der Waals surface area contributed by atoms with Crippen LogP contribution in [0.1, 0.15) is 45.4 Å². The number of piperazine rings is 1. The standard InChI is InChI=1S/C15H28N2S/c1-2-13-10-16-8-4-3-6-14(16)11-17(13)15-7-5-9-18-12-15/h13-15H,2-12H2,1H3. The predicted octanol–water partition coefficient (Wildman–Crippen LogP) is 2.83. The Morgan fingerprint density at radius 2 is 1.94 bits per heavy atom. The Labute approximate surface area is 116 Å². The van der Waals surface area contributed by atoms with Crippen molar-refractivity contribution in [1.82, 2.24) is 9.80 Å². The summed E-state index contributed by atoms with van der Waals surface area (Å²) in [5, 5.41) is 0. The highest BCUT2D eigenvalue weighted by Crippen LogP contribution is 2.30. The van der Waals surface area contributed by atoms with Crippen molar-refractivity contribution in [2.45, 2.75) is 63.6 Å². The van der Waals surface area contributed by atoms with Crippen LogP contribution in [-0.2, 0) is 0 Å². The molecule has 3 aliphatic heterocycles. The van der Waals surface area contributed by atoms with E-state index in [0.717, 1.165) is 18.1 Å². The van der Waals surface area contributed by atoms with Crippen molar-refractivity contribution in [3.05, 3.63) is 0 Å². The molecule has 2 nitrogen and oxygen atoms in total. The fourth-order valence-electron chi connectivity index (χ4n) is 4.07. The van der Waals surface area contributed by atoms with Gasteiger partial charge in [0.1, 0.15) is 0 Å². The first-order valence-electron chi connectivity index (χ1n) is 7.96. The highest BCUT2D eigenvalue weighted by Gasteiger charge is 2.37. The first-order chi connectivity index (χ1) is 8.88. The second kappa shape index (κ2) is 6.15. The molecule has 0 N–H and O–H groups in total. The Kier molecular flexibility index (Phi) is 4.53. The molecule has 3 saturated heterocycles. The minimum atomic E-state index is 0.836. The maximum Gasteiger partial charge on any atom is 0.0224 e. The van der Waals surface area contributed by atoms with Gasteiger partial charge in [-0.25, -0.2) is 0 Å². The second-order valence-electron chi connectivity index (χ2n) is 6.27. The number of nitrogens with zero attached hydrogens (tertiary/aromatic N) is 2. The summed E-state index contributed by atoms with van der Waals surface area (Å²) in [6, 6.07) is 2.61. The lowest BCUT2D eigenvalue weighted by Crippen LogP contribution is -2.62. The van der Waals surface area contributed by atoms with Crippen molar-refractivity contribution >= 4 is 11.8 Å². The molecule has 3 heterocycles. The van der Waals surface area contributed by atoms with Crippen LogP contribution in [-0.4, -0.2) is 59.1 Å². The van der Waals surface area contributed by atoms with E-state index in [9.17, 15) is 0 Å². The molecule has 0 radical (unpaired) electrons. The third-order valence-corrected chi connectivity index (χ3v) is 6.36. The molecule has 3 fully saturated rings. The third-order valence-electron chi connectivity index (χ3n) is 5.16. The molecule has 3 rings (SSSR count). The zero-order valence-electron chi connectivity index (χ0n) is 11.8. The van der Waals surface area contributed by atoms with E-state index in [-0.39, 0.29) is 0 Å². The molecular formula is C15H28N2S. The SMILES string of the molecule is CCC1CN2CCCCC2CN1C1CCCSC1. The van der Waals surface area contributed by atoms with Gasteiger partial charge >= 0.3 is 0 Å². The van der Waals surface area contributed by atoms with Gasteiger partial charge in [0, 0.05) is 37.0 Å². The van der Waals surface area contributed by atoms with Crippen LogP contribution in [0, 0.1) is 0 Å². The predicted molar refractivity (Wildman–Crippen MR) is 80.3 cm³/mol. The molecule has 3 unspecified atom stereocenters.